The Kier molecular flexibility index (Phi) is 3.79. The predicted molar refractivity (Wildman–Crippen MR) is 81.7 cm³/mol. The number of aromatic nitrogens is 2. The molecule has 104 valence electrons. The third-order valence-corrected chi connectivity index (χ3v) is 4.03. The van der Waals surface area contributed by atoms with Crippen LogP contribution in [0.3, 0.4) is 0 Å². The van der Waals surface area contributed by atoms with E-state index < -0.39 is 0 Å². The molecule has 3 heteroatoms. The maximum atomic E-state index is 4.65. The van der Waals surface area contributed by atoms with Gasteiger partial charge in [-0.2, -0.15) is 0 Å². The zero-order valence-corrected chi connectivity index (χ0v) is 12.2. The van der Waals surface area contributed by atoms with Crippen molar-refractivity contribution in [3.8, 4) is 11.3 Å². The van der Waals surface area contributed by atoms with Crippen molar-refractivity contribution in [1.82, 2.24) is 14.9 Å². The van der Waals surface area contributed by atoms with E-state index in [1.807, 2.05) is 6.20 Å². The first-order valence-corrected chi connectivity index (χ1v) is 7.30. The van der Waals surface area contributed by atoms with Gasteiger partial charge >= 0.3 is 0 Å². The van der Waals surface area contributed by atoms with E-state index in [2.05, 4.69) is 53.1 Å². The second-order valence-corrected chi connectivity index (χ2v) is 5.76. The van der Waals surface area contributed by atoms with Gasteiger partial charge in [0, 0.05) is 30.4 Å². The molecule has 3 rings (SSSR count). The number of likely N-dealkylation sites (tertiary alicyclic amines) is 1. The highest BCUT2D eigenvalue weighted by molar-refractivity contribution is 5.63. The van der Waals surface area contributed by atoms with Crippen LogP contribution in [0.4, 0.5) is 0 Å². The number of nitrogens with zero attached hydrogens (tertiary/aromatic N) is 3. The van der Waals surface area contributed by atoms with Gasteiger partial charge in [0.05, 0.1) is 11.4 Å². The smallest absolute Gasteiger partial charge is 0.0920 e. The normalized spacial score (nSPS) is 20.0. The van der Waals surface area contributed by atoms with Gasteiger partial charge in [-0.25, -0.2) is 0 Å². The molecule has 1 aliphatic rings. The summed E-state index contributed by atoms with van der Waals surface area (Å²) in [6, 6.07) is 8.54. The van der Waals surface area contributed by atoms with Crippen LogP contribution >= 0.6 is 0 Å². The minimum Gasteiger partial charge on any atom is -0.306 e. The molecule has 3 nitrogen and oxygen atoms in total. The Morgan fingerprint density at radius 2 is 2.05 bits per heavy atom. The Bertz CT molecular complexity index is 594. The maximum absolute atomic E-state index is 4.65. The Labute approximate surface area is 120 Å². The van der Waals surface area contributed by atoms with Crippen LogP contribution in [0.2, 0.25) is 0 Å². The summed E-state index contributed by atoms with van der Waals surface area (Å²) in [6.45, 7) is 4.39. The van der Waals surface area contributed by atoms with Crippen LogP contribution in [0, 0.1) is 6.92 Å². The van der Waals surface area contributed by atoms with Gasteiger partial charge in [0.1, 0.15) is 0 Å². The highest BCUT2D eigenvalue weighted by Crippen LogP contribution is 2.31. The minimum absolute atomic E-state index is 0.498. The van der Waals surface area contributed by atoms with Crippen LogP contribution < -0.4 is 0 Å². The third kappa shape index (κ3) is 2.73. The average molecular weight is 267 g/mol. The number of hydrogen-bond acceptors (Lipinski definition) is 3. The van der Waals surface area contributed by atoms with Gasteiger partial charge in [-0.15, -0.1) is 0 Å². The third-order valence-electron chi connectivity index (χ3n) is 4.03. The molecule has 0 bridgehead atoms. The first-order chi connectivity index (χ1) is 9.74. The van der Waals surface area contributed by atoms with E-state index >= 15 is 0 Å². The second kappa shape index (κ2) is 5.71. The summed E-state index contributed by atoms with van der Waals surface area (Å²) < 4.78 is 0. The van der Waals surface area contributed by atoms with Crippen LogP contribution in [-0.2, 0) is 0 Å². The number of piperidine rings is 1. The molecule has 0 radical (unpaired) electrons. The standard InChI is InChI=1S/C17H21N3/c1-13-5-3-6-14(11-13)16-17(19-9-8-18-16)15-7-4-10-20(2)12-15/h3,5-6,8-9,11,15H,4,7,10,12H2,1-2H3/t15-/m1/s1. The zero-order chi connectivity index (χ0) is 13.9. The van der Waals surface area contributed by atoms with Gasteiger partial charge in [-0.1, -0.05) is 23.8 Å². The fraction of sp³-hybridized carbons (Fsp3) is 0.412. The van der Waals surface area contributed by atoms with Gasteiger partial charge < -0.3 is 4.90 Å². The van der Waals surface area contributed by atoms with E-state index in [0.717, 1.165) is 17.9 Å². The largest absolute Gasteiger partial charge is 0.306 e. The molecular formula is C17H21N3. The van der Waals surface area contributed by atoms with Crippen molar-refractivity contribution < 1.29 is 0 Å². The molecule has 20 heavy (non-hydrogen) atoms. The predicted octanol–water partition coefficient (Wildman–Crippen LogP) is 3.26. The summed E-state index contributed by atoms with van der Waals surface area (Å²) in [7, 11) is 2.19. The summed E-state index contributed by atoms with van der Waals surface area (Å²) >= 11 is 0. The van der Waals surface area contributed by atoms with E-state index in [0.29, 0.717) is 5.92 Å². The second-order valence-electron chi connectivity index (χ2n) is 5.76. The average Bonchev–Trinajstić information content (AvgIpc) is 2.47. The highest BCUT2D eigenvalue weighted by atomic mass is 15.1. The molecule has 0 aliphatic carbocycles. The molecule has 0 saturated carbocycles. The van der Waals surface area contributed by atoms with Crippen molar-refractivity contribution in [2.45, 2.75) is 25.7 Å². The van der Waals surface area contributed by atoms with E-state index in [1.165, 1.54) is 30.5 Å². The lowest BCUT2D eigenvalue weighted by Crippen LogP contribution is -2.31. The van der Waals surface area contributed by atoms with Gasteiger partial charge in [-0.05, 0) is 39.4 Å². The fourth-order valence-electron chi connectivity index (χ4n) is 3.05. The first kappa shape index (κ1) is 13.3. The molecule has 1 saturated heterocycles. The van der Waals surface area contributed by atoms with Crippen molar-refractivity contribution in [2.24, 2.45) is 0 Å². The molecule has 2 aromatic rings. The number of likely N-dealkylation sites (N-methyl/N-ethyl adjacent to an activating group) is 1. The molecule has 1 aliphatic heterocycles. The zero-order valence-electron chi connectivity index (χ0n) is 12.2. The molecule has 1 aromatic heterocycles. The van der Waals surface area contributed by atoms with Crippen molar-refractivity contribution in [2.75, 3.05) is 20.1 Å². The Morgan fingerprint density at radius 3 is 2.85 bits per heavy atom. The summed E-state index contributed by atoms with van der Waals surface area (Å²) in [4.78, 5) is 11.7. The molecule has 0 spiro atoms. The summed E-state index contributed by atoms with van der Waals surface area (Å²) in [5.74, 6) is 0.498. The molecule has 1 fully saturated rings. The van der Waals surface area contributed by atoms with Crippen molar-refractivity contribution >= 4 is 0 Å². The van der Waals surface area contributed by atoms with E-state index in [-0.39, 0.29) is 0 Å². The first-order valence-electron chi connectivity index (χ1n) is 7.30. The molecule has 0 N–H and O–H groups in total. The Balaban J connectivity index is 2.00. The molecule has 1 atom stereocenters. The molecule has 0 unspecified atom stereocenters. The van der Waals surface area contributed by atoms with Gasteiger partial charge in [-0.3, -0.25) is 9.97 Å². The van der Waals surface area contributed by atoms with E-state index in [1.54, 1.807) is 6.20 Å². The van der Waals surface area contributed by atoms with Crippen LogP contribution in [0.5, 0.6) is 0 Å². The van der Waals surface area contributed by atoms with Crippen molar-refractivity contribution in [3.63, 3.8) is 0 Å². The van der Waals surface area contributed by atoms with Gasteiger partial charge in [0.15, 0.2) is 0 Å². The fourth-order valence-corrected chi connectivity index (χ4v) is 3.05. The van der Waals surface area contributed by atoms with Crippen LogP contribution in [0.1, 0.15) is 30.0 Å². The monoisotopic (exact) mass is 267 g/mol. The Morgan fingerprint density at radius 1 is 1.20 bits per heavy atom. The van der Waals surface area contributed by atoms with Gasteiger partial charge in [0.2, 0.25) is 0 Å². The van der Waals surface area contributed by atoms with Gasteiger partial charge in [0.25, 0.3) is 0 Å². The summed E-state index contributed by atoms with van der Waals surface area (Å²) in [6.07, 6.45) is 6.07. The minimum atomic E-state index is 0.498. The van der Waals surface area contributed by atoms with Crippen LogP contribution in [0.15, 0.2) is 36.7 Å². The van der Waals surface area contributed by atoms with E-state index in [9.17, 15) is 0 Å². The summed E-state index contributed by atoms with van der Waals surface area (Å²) in [5.41, 5.74) is 4.65. The quantitative estimate of drug-likeness (QED) is 0.836. The maximum Gasteiger partial charge on any atom is 0.0920 e. The molecule has 0 amide bonds. The lowest BCUT2D eigenvalue weighted by atomic mass is 9.91. The topological polar surface area (TPSA) is 29.0 Å². The number of hydrogen-bond donors (Lipinski definition) is 0. The number of aryl methyl sites for hydroxylation is 1. The summed E-state index contributed by atoms with van der Waals surface area (Å²) in [5, 5.41) is 0. The molecule has 1 aromatic carbocycles. The Hall–Kier alpha value is -1.74. The van der Waals surface area contributed by atoms with E-state index in [4.69, 9.17) is 0 Å². The lowest BCUT2D eigenvalue weighted by Gasteiger charge is -2.30. The van der Waals surface area contributed by atoms with Crippen LogP contribution in [0.25, 0.3) is 11.3 Å². The van der Waals surface area contributed by atoms with Crippen molar-refractivity contribution in [1.29, 1.82) is 0 Å². The SMILES string of the molecule is Cc1cccc(-c2nccnc2[C@@H]2CCCN(C)C2)c1. The van der Waals surface area contributed by atoms with Crippen LogP contribution in [-0.4, -0.2) is 35.0 Å². The molecule has 2 heterocycles. The number of rotatable bonds is 2. The number of benzene rings is 1. The molecular weight excluding hydrogens is 246 g/mol. The van der Waals surface area contributed by atoms with Crippen molar-refractivity contribution in [3.05, 3.63) is 47.9 Å². The highest BCUT2D eigenvalue weighted by Gasteiger charge is 2.23. The lowest BCUT2D eigenvalue weighted by molar-refractivity contribution is 0.248.